The van der Waals surface area contributed by atoms with Gasteiger partial charge < -0.3 is 9.84 Å². The van der Waals surface area contributed by atoms with Gasteiger partial charge in [-0.05, 0) is 25.7 Å². The molecule has 0 radical (unpaired) electrons. The van der Waals surface area contributed by atoms with E-state index in [1.54, 1.807) is 0 Å². The van der Waals surface area contributed by atoms with Crippen molar-refractivity contribution in [2.75, 3.05) is 47.4 Å². The molecule has 0 aliphatic carbocycles. The van der Waals surface area contributed by atoms with Crippen LogP contribution in [0.2, 0.25) is 0 Å². The monoisotopic (exact) mass is 506 g/mol. The zero-order valence-corrected chi connectivity index (χ0v) is 22.3. The average Bonchev–Trinajstić information content (AvgIpc) is 2.87. The predicted molar refractivity (Wildman–Crippen MR) is 131 cm³/mol. The van der Waals surface area contributed by atoms with Crippen LogP contribution in [0.25, 0.3) is 0 Å². The Balaban J connectivity index is 3.45. The van der Waals surface area contributed by atoms with Gasteiger partial charge in [0.1, 0.15) is 0 Å². The zero-order chi connectivity index (χ0) is 25.9. The summed E-state index contributed by atoms with van der Waals surface area (Å²) in [5.41, 5.74) is 0. The second kappa shape index (κ2) is 18.7. The molecule has 0 aromatic carbocycles. The Bertz CT molecular complexity index is 593. The number of aliphatic imine (C=N–C) groups is 2. The summed E-state index contributed by atoms with van der Waals surface area (Å²) in [6, 6.07) is 0. The Kier molecular flexibility index (Phi) is 16.8. The van der Waals surface area contributed by atoms with E-state index in [-0.39, 0.29) is 11.9 Å². The number of aliphatic hydroxyl groups excluding tert-OH is 1. The molecule has 0 aromatic heterocycles. The maximum Gasteiger partial charge on any atom is 0.333 e. The Morgan fingerprint density at radius 1 is 0.800 bits per heavy atom. The van der Waals surface area contributed by atoms with E-state index >= 15 is 0 Å². The van der Waals surface area contributed by atoms with Gasteiger partial charge in [0.2, 0.25) is 0 Å². The van der Waals surface area contributed by atoms with Gasteiger partial charge in [0.25, 0.3) is 11.9 Å². The molecule has 2 N–H and O–H groups in total. The molecule has 0 saturated heterocycles. The number of ether oxygens (including phenoxy) is 1. The second-order valence-electron chi connectivity index (χ2n) is 7.71. The Hall–Kier alpha value is -1.58. The minimum atomic E-state index is -1.71. The molecular weight excluding hydrogens is 460 g/mol. The van der Waals surface area contributed by atoms with Gasteiger partial charge in [0.05, 0.1) is 40.3 Å². The van der Waals surface area contributed by atoms with Crippen molar-refractivity contribution in [2.24, 2.45) is 9.98 Å². The normalized spacial score (nSPS) is 18.0. The highest BCUT2D eigenvalue weighted by atomic mass is 17.0. The third kappa shape index (κ3) is 10.1. The van der Waals surface area contributed by atoms with Gasteiger partial charge in [-0.15, -0.1) is 5.06 Å². The lowest BCUT2D eigenvalue weighted by Gasteiger charge is -2.43. The zero-order valence-electron chi connectivity index (χ0n) is 22.3. The number of nitrogens with one attached hydrogen (secondary N) is 1. The fourth-order valence-corrected chi connectivity index (χ4v) is 2.77. The van der Waals surface area contributed by atoms with Crippen molar-refractivity contribution in [3.05, 3.63) is 0 Å². The molecule has 1 heterocycles. The van der Waals surface area contributed by atoms with Crippen LogP contribution in [0.3, 0.4) is 0 Å². The van der Waals surface area contributed by atoms with Crippen molar-refractivity contribution in [3.63, 3.8) is 0 Å². The van der Waals surface area contributed by atoms with Crippen molar-refractivity contribution >= 4 is 11.9 Å². The van der Waals surface area contributed by atoms with Crippen molar-refractivity contribution < 1.29 is 34.0 Å². The van der Waals surface area contributed by atoms with Crippen LogP contribution in [-0.4, -0.2) is 85.9 Å². The summed E-state index contributed by atoms with van der Waals surface area (Å²) in [6.45, 7) is 9.37. The fourth-order valence-electron chi connectivity index (χ4n) is 2.77. The lowest BCUT2D eigenvalue weighted by atomic mass is 10.4. The molecule has 0 spiro atoms. The second-order valence-corrected chi connectivity index (χ2v) is 7.71. The smallest absolute Gasteiger partial charge is 0.333 e. The summed E-state index contributed by atoms with van der Waals surface area (Å²) >= 11 is 0. The number of guanidine groups is 2. The molecule has 1 rings (SSSR count). The maximum atomic E-state index is 9.74. The summed E-state index contributed by atoms with van der Waals surface area (Å²) in [7, 11) is 2.84. The molecule has 0 saturated carbocycles. The molecule has 35 heavy (non-hydrogen) atoms. The van der Waals surface area contributed by atoms with Crippen LogP contribution >= 0.6 is 0 Å². The first-order chi connectivity index (χ1) is 17.1. The van der Waals surface area contributed by atoms with E-state index in [1.807, 2.05) is 0 Å². The van der Waals surface area contributed by atoms with E-state index < -0.39 is 12.7 Å². The van der Waals surface area contributed by atoms with E-state index in [2.05, 4.69) is 43.0 Å². The van der Waals surface area contributed by atoms with Gasteiger partial charge in [-0.3, -0.25) is 4.84 Å². The highest BCUT2D eigenvalue weighted by Gasteiger charge is 2.47. The standard InChI is InChI=1S/C22H46N6O7/c1-7-11-15-32-27(33-16-12-8-2)20-24-21(26(31-6)22(25-20,30-5)23-19-29)28(34-17-13-9-3)35-18-14-10-4/h23,29H,7-19H2,1-6H3. The van der Waals surface area contributed by atoms with Crippen LogP contribution in [-0.2, 0) is 28.9 Å². The number of unbranched alkanes of at least 4 members (excludes halogenated alkanes) is 4. The molecule has 0 fully saturated rings. The van der Waals surface area contributed by atoms with Gasteiger partial charge in [-0.1, -0.05) is 63.8 Å². The first-order valence-electron chi connectivity index (χ1n) is 12.6. The van der Waals surface area contributed by atoms with Gasteiger partial charge in [-0.2, -0.15) is 9.98 Å². The van der Waals surface area contributed by atoms with Crippen LogP contribution < -0.4 is 5.32 Å². The van der Waals surface area contributed by atoms with Crippen molar-refractivity contribution in [1.29, 1.82) is 0 Å². The lowest BCUT2D eigenvalue weighted by molar-refractivity contribution is -0.352. The quantitative estimate of drug-likeness (QED) is 0.144. The summed E-state index contributed by atoms with van der Waals surface area (Å²) in [5, 5.41) is 16.1. The summed E-state index contributed by atoms with van der Waals surface area (Å²) in [4.78, 5) is 38.2. The van der Waals surface area contributed by atoms with Gasteiger partial charge in [0.15, 0.2) is 0 Å². The first kappa shape index (κ1) is 31.4. The molecule has 13 heteroatoms. The molecular formula is C22H46N6O7. The number of hydrogen-bond donors (Lipinski definition) is 2. The van der Waals surface area contributed by atoms with Crippen LogP contribution in [0.5, 0.6) is 0 Å². The van der Waals surface area contributed by atoms with Crippen molar-refractivity contribution in [3.8, 4) is 0 Å². The molecule has 0 bridgehead atoms. The minimum absolute atomic E-state index is 0.0338. The highest BCUT2D eigenvalue weighted by Crippen LogP contribution is 2.25. The minimum Gasteiger partial charge on any atom is -0.381 e. The molecule has 1 atom stereocenters. The number of hydroxylamine groups is 6. The number of hydrogen-bond acceptors (Lipinski definition) is 13. The molecule has 0 amide bonds. The largest absolute Gasteiger partial charge is 0.381 e. The van der Waals surface area contributed by atoms with E-state index in [1.165, 1.54) is 29.7 Å². The summed E-state index contributed by atoms with van der Waals surface area (Å²) in [5.74, 6) is -1.60. The molecule has 13 nitrogen and oxygen atoms in total. The van der Waals surface area contributed by atoms with E-state index in [4.69, 9.17) is 28.9 Å². The van der Waals surface area contributed by atoms with Crippen LogP contribution in [0, 0.1) is 0 Å². The third-order valence-electron chi connectivity index (χ3n) is 4.84. The Morgan fingerprint density at radius 3 is 1.63 bits per heavy atom. The van der Waals surface area contributed by atoms with Crippen LogP contribution in [0.1, 0.15) is 79.1 Å². The molecule has 0 aromatic rings. The molecule has 1 aliphatic heterocycles. The Morgan fingerprint density at radius 2 is 1.26 bits per heavy atom. The number of nitrogens with zero attached hydrogens (tertiary/aromatic N) is 5. The average molecular weight is 507 g/mol. The third-order valence-corrected chi connectivity index (χ3v) is 4.84. The highest BCUT2D eigenvalue weighted by molar-refractivity contribution is 5.95. The van der Waals surface area contributed by atoms with Gasteiger partial charge in [0, 0.05) is 7.11 Å². The lowest BCUT2D eigenvalue weighted by Crippen LogP contribution is -2.66. The molecule has 1 unspecified atom stereocenters. The number of methoxy groups -OCH3 is 1. The molecule has 1 aliphatic rings. The topological polar surface area (TPSA) is 122 Å². The Labute approximate surface area is 209 Å². The van der Waals surface area contributed by atoms with Crippen LogP contribution in [0.4, 0.5) is 0 Å². The SMILES string of the molecule is CCCCON(OCCCC)C1=NC(NCO)(OC)N(OC)C(N(OCCCC)OCCCC)=N1. The first-order valence-corrected chi connectivity index (χ1v) is 12.6. The van der Waals surface area contributed by atoms with Crippen LogP contribution in [0.15, 0.2) is 9.98 Å². The van der Waals surface area contributed by atoms with E-state index in [0.29, 0.717) is 26.4 Å². The predicted octanol–water partition coefficient (Wildman–Crippen LogP) is 2.90. The van der Waals surface area contributed by atoms with E-state index in [9.17, 15) is 5.11 Å². The van der Waals surface area contributed by atoms with Crippen molar-refractivity contribution in [2.45, 2.75) is 85.0 Å². The maximum absolute atomic E-state index is 9.74. The number of aliphatic hydroxyl groups is 1. The van der Waals surface area contributed by atoms with Crippen molar-refractivity contribution in [1.82, 2.24) is 20.8 Å². The van der Waals surface area contributed by atoms with Gasteiger partial charge in [-0.25, -0.2) is 24.7 Å². The van der Waals surface area contributed by atoms with Gasteiger partial charge >= 0.3 is 5.97 Å². The molecule has 206 valence electrons. The van der Waals surface area contributed by atoms with E-state index in [0.717, 1.165) is 51.4 Å². The number of rotatable bonds is 20. The summed E-state index contributed by atoms with van der Waals surface area (Å²) < 4.78 is 5.67. The fraction of sp³-hybridized carbons (Fsp3) is 0.909. The summed E-state index contributed by atoms with van der Waals surface area (Å²) in [6.07, 6.45) is 7.02.